The lowest BCUT2D eigenvalue weighted by Gasteiger charge is -2.11. The summed E-state index contributed by atoms with van der Waals surface area (Å²) in [5.74, 6) is 0.895. The molecule has 0 bridgehead atoms. The van der Waals surface area contributed by atoms with Crippen molar-refractivity contribution in [2.45, 2.75) is 32.1 Å². The van der Waals surface area contributed by atoms with Crippen molar-refractivity contribution in [3.8, 4) is 0 Å². The van der Waals surface area contributed by atoms with E-state index in [4.69, 9.17) is 0 Å². The van der Waals surface area contributed by atoms with E-state index in [1.165, 1.54) is 0 Å². The molecule has 0 saturated carbocycles. The molecule has 0 amide bonds. The maximum Gasteiger partial charge on any atom is 0.202 e. The van der Waals surface area contributed by atoms with Gasteiger partial charge in [0.15, 0.2) is 0 Å². The van der Waals surface area contributed by atoms with Gasteiger partial charge in [-0.25, -0.2) is 4.98 Å². The van der Waals surface area contributed by atoms with E-state index in [0.717, 1.165) is 25.5 Å². The van der Waals surface area contributed by atoms with Crippen LogP contribution in [0, 0.1) is 0 Å². The summed E-state index contributed by atoms with van der Waals surface area (Å²) in [5, 5.41) is 3.42. The van der Waals surface area contributed by atoms with Gasteiger partial charge in [-0.1, -0.05) is 6.92 Å². The molecule has 1 aromatic heterocycles. The molecule has 0 radical (unpaired) electrons. The van der Waals surface area contributed by atoms with Crippen LogP contribution in [0.5, 0.6) is 0 Å². The quantitative estimate of drug-likeness (QED) is 0.803. The topological polar surface area (TPSA) is 46.9 Å². The van der Waals surface area contributed by atoms with E-state index in [1.807, 2.05) is 20.0 Å². The van der Waals surface area contributed by atoms with Crippen LogP contribution in [0.4, 0.5) is 5.95 Å². The second-order valence-corrected chi connectivity index (χ2v) is 5.37. The molecule has 0 aliphatic heterocycles. The fraction of sp³-hybridized carbons (Fsp3) is 0.700. The van der Waals surface area contributed by atoms with E-state index in [2.05, 4.69) is 14.9 Å². The zero-order valence-electron chi connectivity index (χ0n) is 9.56. The second-order valence-electron chi connectivity index (χ2n) is 3.57. The van der Waals surface area contributed by atoms with Crippen LogP contribution in [0.25, 0.3) is 0 Å². The summed E-state index contributed by atoms with van der Waals surface area (Å²) >= 11 is 0. The predicted molar refractivity (Wildman–Crippen MR) is 64.5 cm³/mol. The van der Waals surface area contributed by atoms with E-state index in [-0.39, 0.29) is 5.25 Å². The van der Waals surface area contributed by atoms with E-state index in [1.54, 1.807) is 12.5 Å². The largest absolute Gasteiger partial charge is 0.356 e. The summed E-state index contributed by atoms with van der Waals surface area (Å²) in [4.78, 5) is 4.20. The first-order chi connectivity index (χ1) is 7.15. The molecule has 1 aromatic rings. The summed E-state index contributed by atoms with van der Waals surface area (Å²) in [7, 11) is -0.736. The Morgan fingerprint density at radius 2 is 2.40 bits per heavy atom. The zero-order chi connectivity index (χ0) is 11.3. The first kappa shape index (κ1) is 12.2. The zero-order valence-corrected chi connectivity index (χ0v) is 10.4. The van der Waals surface area contributed by atoms with Crippen LogP contribution in [0.3, 0.4) is 0 Å². The van der Waals surface area contributed by atoms with Crippen molar-refractivity contribution < 1.29 is 4.21 Å². The fourth-order valence-corrected chi connectivity index (χ4v) is 1.74. The summed E-state index contributed by atoms with van der Waals surface area (Å²) in [6.07, 6.45) is 6.40. The number of rotatable bonds is 6. The van der Waals surface area contributed by atoms with Crippen molar-refractivity contribution >= 4 is 16.7 Å². The lowest BCUT2D eigenvalue weighted by atomic mass is 10.3. The molecule has 1 heterocycles. The Morgan fingerprint density at radius 3 is 3.00 bits per heavy atom. The van der Waals surface area contributed by atoms with Crippen molar-refractivity contribution in [1.82, 2.24) is 9.55 Å². The highest BCUT2D eigenvalue weighted by molar-refractivity contribution is 7.84. The number of hydrogen-bond acceptors (Lipinski definition) is 3. The Hall–Kier alpha value is -0.840. The van der Waals surface area contributed by atoms with Gasteiger partial charge >= 0.3 is 0 Å². The Bertz CT molecular complexity index is 324. The lowest BCUT2D eigenvalue weighted by molar-refractivity contribution is 0.622. The number of hydrogen-bond donors (Lipinski definition) is 1. The second kappa shape index (κ2) is 5.90. The summed E-state index contributed by atoms with van der Waals surface area (Å²) < 4.78 is 13.2. The third kappa shape index (κ3) is 3.66. The van der Waals surface area contributed by atoms with Gasteiger partial charge in [-0.05, 0) is 13.3 Å². The number of nitrogens with one attached hydrogen (secondary N) is 1. The summed E-state index contributed by atoms with van der Waals surface area (Å²) in [5.41, 5.74) is 0. The summed E-state index contributed by atoms with van der Waals surface area (Å²) in [6, 6.07) is 0. The van der Waals surface area contributed by atoms with Crippen LogP contribution in [0.1, 0.15) is 20.3 Å². The van der Waals surface area contributed by atoms with Crippen molar-refractivity contribution in [3.05, 3.63) is 12.4 Å². The first-order valence-corrected chi connectivity index (χ1v) is 6.84. The lowest BCUT2D eigenvalue weighted by Crippen LogP contribution is -2.14. The SMILES string of the molecule is CCNc1nccn1CCC(C)S(C)=O. The van der Waals surface area contributed by atoms with Gasteiger partial charge in [-0.15, -0.1) is 0 Å². The minimum Gasteiger partial charge on any atom is -0.356 e. The average molecular weight is 229 g/mol. The van der Waals surface area contributed by atoms with Crippen molar-refractivity contribution in [2.24, 2.45) is 0 Å². The minimum atomic E-state index is -0.736. The van der Waals surface area contributed by atoms with Crippen LogP contribution in [0.2, 0.25) is 0 Å². The number of imidazole rings is 1. The van der Waals surface area contributed by atoms with Crippen LogP contribution in [-0.4, -0.2) is 31.8 Å². The van der Waals surface area contributed by atoms with Crippen LogP contribution in [0.15, 0.2) is 12.4 Å². The van der Waals surface area contributed by atoms with E-state index < -0.39 is 10.8 Å². The fourth-order valence-electron chi connectivity index (χ4n) is 1.30. The molecule has 1 N–H and O–H groups in total. The van der Waals surface area contributed by atoms with Crippen LogP contribution >= 0.6 is 0 Å². The highest BCUT2D eigenvalue weighted by Crippen LogP contribution is 2.08. The average Bonchev–Trinajstić information content (AvgIpc) is 2.62. The molecule has 0 aromatic carbocycles. The van der Waals surface area contributed by atoms with Crippen molar-refractivity contribution in [3.63, 3.8) is 0 Å². The first-order valence-electron chi connectivity index (χ1n) is 5.22. The molecular formula is C10H19N3OS. The van der Waals surface area contributed by atoms with Gasteiger partial charge in [-0.3, -0.25) is 4.21 Å². The molecule has 0 aliphatic carbocycles. The van der Waals surface area contributed by atoms with E-state index in [9.17, 15) is 4.21 Å². The molecule has 2 unspecified atom stereocenters. The van der Waals surface area contributed by atoms with Gasteiger partial charge in [0.05, 0.1) is 0 Å². The monoisotopic (exact) mass is 229 g/mol. The highest BCUT2D eigenvalue weighted by Gasteiger charge is 2.07. The van der Waals surface area contributed by atoms with Crippen molar-refractivity contribution in [1.29, 1.82) is 0 Å². The maximum absolute atomic E-state index is 11.2. The maximum atomic E-state index is 11.2. The Labute approximate surface area is 93.5 Å². The molecule has 86 valence electrons. The van der Waals surface area contributed by atoms with E-state index >= 15 is 0 Å². The molecule has 0 fully saturated rings. The molecular weight excluding hydrogens is 210 g/mol. The molecule has 2 atom stereocenters. The molecule has 5 heteroatoms. The number of aryl methyl sites for hydroxylation is 1. The molecule has 0 spiro atoms. The van der Waals surface area contributed by atoms with Gasteiger partial charge in [-0.2, -0.15) is 0 Å². The number of anilines is 1. The number of nitrogens with zero attached hydrogens (tertiary/aromatic N) is 2. The van der Waals surface area contributed by atoms with E-state index in [0.29, 0.717) is 0 Å². The number of aromatic nitrogens is 2. The Kier molecular flexibility index (Phi) is 4.81. The highest BCUT2D eigenvalue weighted by atomic mass is 32.2. The summed E-state index contributed by atoms with van der Waals surface area (Å²) in [6.45, 7) is 5.79. The van der Waals surface area contributed by atoms with Gasteiger partial charge < -0.3 is 9.88 Å². The predicted octanol–water partition coefficient (Wildman–Crippen LogP) is 1.47. The Morgan fingerprint density at radius 1 is 1.67 bits per heavy atom. The smallest absolute Gasteiger partial charge is 0.202 e. The van der Waals surface area contributed by atoms with Crippen LogP contribution < -0.4 is 5.32 Å². The molecule has 15 heavy (non-hydrogen) atoms. The van der Waals surface area contributed by atoms with Gasteiger partial charge in [0.25, 0.3) is 0 Å². The molecule has 4 nitrogen and oxygen atoms in total. The molecule has 0 aliphatic rings. The Balaban J connectivity index is 2.49. The van der Waals surface area contributed by atoms with Gasteiger partial charge in [0.1, 0.15) is 0 Å². The molecule has 1 rings (SSSR count). The third-order valence-electron chi connectivity index (χ3n) is 2.39. The minimum absolute atomic E-state index is 0.238. The van der Waals surface area contributed by atoms with Gasteiger partial charge in [0, 0.05) is 47.8 Å². The standard InChI is InChI=1S/C10H19N3OS/c1-4-11-10-12-6-8-13(10)7-5-9(2)15(3)14/h6,8-9H,4-5,7H2,1-3H3,(H,11,12). The molecule has 0 saturated heterocycles. The van der Waals surface area contributed by atoms with Crippen LogP contribution in [-0.2, 0) is 17.3 Å². The normalized spacial score (nSPS) is 14.9. The third-order valence-corrected chi connectivity index (χ3v) is 3.76. The van der Waals surface area contributed by atoms with Gasteiger partial charge in [0.2, 0.25) is 5.95 Å². The van der Waals surface area contributed by atoms with Crippen molar-refractivity contribution in [2.75, 3.05) is 18.1 Å².